The highest BCUT2D eigenvalue weighted by atomic mass is 79.9. The van der Waals surface area contributed by atoms with E-state index in [9.17, 15) is 14.9 Å². The predicted octanol–water partition coefficient (Wildman–Crippen LogP) is 5.52. The standard InChI is InChI=1S/C26H20BrN3O3S/c1-33-21-13-11-19(12-14-21)29-24(31)22(16-28)26-30(20-5-3-2-4-6-20)25(32)23(34-26)15-17-7-9-18(27)10-8-17/h2-14,23H,15H2,1H3,(H,29,31)/b26-22-/t23-/m1/s1. The van der Waals surface area contributed by atoms with Crippen LogP contribution < -0.4 is 15.0 Å². The molecule has 8 heteroatoms. The van der Waals surface area contributed by atoms with Crippen molar-refractivity contribution >= 4 is 50.9 Å². The van der Waals surface area contributed by atoms with Crippen LogP contribution in [-0.2, 0) is 16.0 Å². The highest BCUT2D eigenvalue weighted by Gasteiger charge is 2.40. The number of halogens is 1. The number of methoxy groups -OCH3 is 1. The fourth-order valence-electron chi connectivity index (χ4n) is 3.50. The summed E-state index contributed by atoms with van der Waals surface area (Å²) in [5, 5.41) is 12.5. The minimum absolute atomic E-state index is 0.115. The number of nitriles is 1. The summed E-state index contributed by atoms with van der Waals surface area (Å²) in [6, 6.07) is 25.6. The van der Waals surface area contributed by atoms with Gasteiger partial charge in [-0.3, -0.25) is 14.5 Å². The number of hydrogen-bond acceptors (Lipinski definition) is 5. The molecule has 1 saturated heterocycles. The number of thioether (sulfide) groups is 1. The lowest BCUT2D eigenvalue weighted by molar-refractivity contribution is -0.117. The van der Waals surface area contributed by atoms with Crippen LogP contribution in [0.1, 0.15) is 5.56 Å². The monoisotopic (exact) mass is 533 g/mol. The van der Waals surface area contributed by atoms with Gasteiger partial charge in [0.25, 0.3) is 5.91 Å². The Labute approximate surface area is 210 Å². The highest BCUT2D eigenvalue weighted by molar-refractivity contribution is 9.10. The molecule has 1 heterocycles. The Kier molecular flexibility index (Phi) is 7.36. The molecular formula is C26H20BrN3O3S. The topological polar surface area (TPSA) is 82.4 Å². The Morgan fingerprint density at radius 2 is 1.76 bits per heavy atom. The Morgan fingerprint density at radius 1 is 1.09 bits per heavy atom. The summed E-state index contributed by atoms with van der Waals surface area (Å²) in [4.78, 5) is 28.0. The van der Waals surface area contributed by atoms with Gasteiger partial charge in [0, 0.05) is 15.8 Å². The van der Waals surface area contributed by atoms with E-state index >= 15 is 0 Å². The van der Waals surface area contributed by atoms with E-state index in [1.165, 1.54) is 16.7 Å². The molecule has 0 bridgehead atoms. The van der Waals surface area contributed by atoms with Crippen molar-refractivity contribution < 1.29 is 14.3 Å². The molecule has 0 spiro atoms. The van der Waals surface area contributed by atoms with Gasteiger partial charge in [0.15, 0.2) is 0 Å². The molecular weight excluding hydrogens is 514 g/mol. The van der Waals surface area contributed by atoms with Crippen LogP contribution >= 0.6 is 27.7 Å². The van der Waals surface area contributed by atoms with E-state index < -0.39 is 11.2 Å². The number of ether oxygens (including phenoxy) is 1. The quantitative estimate of drug-likeness (QED) is 0.333. The molecule has 1 N–H and O–H groups in total. The Morgan fingerprint density at radius 3 is 2.38 bits per heavy atom. The van der Waals surface area contributed by atoms with E-state index in [-0.39, 0.29) is 11.5 Å². The van der Waals surface area contributed by atoms with Gasteiger partial charge in [0.1, 0.15) is 22.4 Å². The molecule has 1 atom stereocenters. The third-order valence-corrected chi connectivity index (χ3v) is 6.99. The van der Waals surface area contributed by atoms with E-state index in [0.717, 1.165) is 10.0 Å². The van der Waals surface area contributed by atoms with Gasteiger partial charge in [-0.25, -0.2) is 0 Å². The summed E-state index contributed by atoms with van der Waals surface area (Å²) in [6.07, 6.45) is 0.475. The maximum absolute atomic E-state index is 13.5. The first-order valence-electron chi connectivity index (χ1n) is 10.4. The number of rotatable bonds is 6. The number of nitrogens with zero attached hydrogens (tertiary/aromatic N) is 2. The fourth-order valence-corrected chi connectivity index (χ4v) is 5.07. The van der Waals surface area contributed by atoms with Crippen molar-refractivity contribution in [3.63, 3.8) is 0 Å². The number of nitrogens with one attached hydrogen (secondary N) is 1. The first kappa shape index (κ1) is 23.6. The lowest BCUT2D eigenvalue weighted by Gasteiger charge is -2.18. The largest absolute Gasteiger partial charge is 0.497 e. The second-order valence-electron chi connectivity index (χ2n) is 7.42. The van der Waals surface area contributed by atoms with Crippen LogP contribution in [0.2, 0.25) is 0 Å². The van der Waals surface area contributed by atoms with Gasteiger partial charge < -0.3 is 10.1 Å². The maximum Gasteiger partial charge on any atom is 0.269 e. The lowest BCUT2D eigenvalue weighted by atomic mass is 10.1. The molecule has 6 nitrogen and oxygen atoms in total. The third kappa shape index (κ3) is 5.16. The molecule has 1 aliphatic rings. The van der Waals surface area contributed by atoms with Gasteiger partial charge in [0.2, 0.25) is 5.91 Å². The minimum Gasteiger partial charge on any atom is -0.497 e. The third-order valence-electron chi connectivity index (χ3n) is 5.20. The van der Waals surface area contributed by atoms with Gasteiger partial charge in [-0.05, 0) is 60.5 Å². The molecule has 34 heavy (non-hydrogen) atoms. The van der Waals surface area contributed by atoms with Crippen LogP contribution in [0.4, 0.5) is 11.4 Å². The zero-order valence-corrected chi connectivity index (χ0v) is 20.6. The Hall–Kier alpha value is -3.54. The number of anilines is 2. The summed E-state index contributed by atoms with van der Waals surface area (Å²) in [5.74, 6) is -0.0906. The zero-order valence-electron chi connectivity index (χ0n) is 18.2. The van der Waals surface area contributed by atoms with E-state index in [0.29, 0.717) is 28.6 Å². The SMILES string of the molecule is COc1ccc(NC(=O)/C(C#N)=C2\S[C@H](Cc3ccc(Br)cc3)C(=O)N2c2ccccc2)cc1. The second kappa shape index (κ2) is 10.6. The van der Waals surface area contributed by atoms with E-state index in [4.69, 9.17) is 4.74 Å². The number of carbonyl (C=O) groups excluding carboxylic acids is 2. The van der Waals surface area contributed by atoms with Crippen molar-refractivity contribution in [3.8, 4) is 11.8 Å². The van der Waals surface area contributed by atoms with Crippen LogP contribution in [0.25, 0.3) is 0 Å². The number of benzene rings is 3. The number of carbonyl (C=O) groups is 2. The first-order valence-corrected chi connectivity index (χ1v) is 12.1. The average molecular weight is 534 g/mol. The zero-order chi connectivity index (χ0) is 24.1. The molecule has 0 aliphatic carbocycles. The summed E-state index contributed by atoms with van der Waals surface area (Å²) < 4.78 is 6.10. The average Bonchev–Trinajstić information content (AvgIpc) is 3.17. The second-order valence-corrected chi connectivity index (χ2v) is 9.53. The molecule has 3 aromatic rings. The molecule has 1 aliphatic heterocycles. The maximum atomic E-state index is 13.5. The first-order chi connectivity index (χ1) is 16.5. The summed E-state index contributed by atoms with van der Waals surface area (Å²) in [6.45, 7) is 0. The van der Waals surface area contributed by atoms with Crippen molar-refractivity contribution in [2.75, 3.05) is 17.3 Å². The van der Waals surface area contributed by atoms with Crippen molar-refractivity contribution in [1.82, 2.24) is 0 Å². The fraction of sp³-hybridized carbons (Fsp3) is 0.115. The molecule has 3 aromatic carbocycles. The van der Waals surface area contributed by atoms with Crippen LogP contribution in [0.15, 0.2) is 93.9 Å². The molecule has 0 aromatic heterocycles. The molecule has 2 amide bonds. The van der Waals surface area contributed by atoms with E-state index in [1.54, 1.807) is 43.5 Å². The molecule has 0 saturated carbocycles. The summed E-state index contributed by atoms with van der Waals surface area (Å²) >= 11 is 4.66. The van der Waals surface area contributed by atoms with Crippen LogP contribution in [0.3, 0.4) is 0 Å². The number of amides is 2. The van der Waals surface area contributed by atoms with E-state index in [2.05, 4.69) is 21.2 Å². The van der Waals surface area contributed by atoms with Crippen LogP contribution in [-0.4, -0.2) is 24.2 Å². The molecule has 170 valence electrons. The molecule has 1 fully saturated rings. The normalized spacial score (nSPS) is 16.7. The smallest absolute Gasteiger partial charge is 0.269 e. The summed E-state index contributed by atoms with van der Waals surface area (Å²) in [7, 11) is 1.56. The van der Waals surface area contributed by atoms with Gasteiger partial charge >= 0.3 is 0 Å². The molecule has 0 radical (unpaired) electrons. The van der Waals surface area contributed by atoms with Crippen LogP contribution in [0.5, 0.6) is 5.75 Å². The van der Waals surface area contributed by atoms with Crippen molar-refractivity contribution in [2.24, 2.45) is 0 Å². The Bertz CT molecular complexity index is 1270. The molecule has 0 unspecified atom stereocenters. The van der Waals surface area contributed by atoms with Crippen LogP contribution in [0, 0.1) is 11.3 Å². The van der Waals surface area contributed by atoms with Gasteiger partial charge in [-0.2, -0.15) is 5.26 Å². The number of para-hydroxylation sites is 1. The molecule has 4 rings (SSSR count). The van der Waals surface area contributed by atoms with Gasteiger partial charge in [-0.1, -0.05) is 58.0 Å². The van der Waals surface area contributed by atoms with Crippen molar-refractivity contribution in [2.45, 2.75) is 11.7 Å². The Balaban J connectivity index is 1.68. The van der Waals surface area contributed by atoms with Gasteiger partial charge in [-0.15, -0.1) is 0 Å². The predicted molar refractivity (Wildman–Crippen MR) is 137 cm³/mol. The van der Waals surface area contributed by atoms with Gasteiger partial charge in [0.05, 0.1) is 12.4 Å². The van der Waals surface area contributed by atoms with Crippen molar-refractivity contribution in [1.29, 1.82) is 5.26 Å². The van der Waals surface area contributed by atoms with E-state index in [1.807, 2.05) is 48.5 Å². The number of hydrogen-bond donors (Lipinski definition) is 1. The minimum atomic E-state index is -0.576. The summed E-state index contributed by atoms with van der Waals surface area (Å²) in [5.41, 5.74) is 2.00. The van der Waals surface area contributed by atoms with Crippen molar-refractivity contribution in [3.05, 3.63) is 99.5 Å². The highest BCUT2D eigenvalue weighted by Crippen LogP contribution is 2.42. The lowest BCUT2D eigenvalue weighted by Crippen LogP contribution is -2.30.